The van der Waals surface area contributed by atoms with Crippen molar-refractivity contribution in [2.75, 3.05) is 27.1 Å². The van der Waals surface area contributed by atoms with Gasteiger partial charge in [-0.05, 0) is 12.1 Å². The SMILES string of the molecule is COc1ccccc1CNC(=O)C1CSC2c3ccc(OC)c(OC)c3C(=O)N12. The first kappa shape index (κ1) is 19.4. The summed E-state index contributed by atoms with van der Waals surface area (Å²) in [5.41, 5.74) is 2.22. The molecule has 1 fully saturated rings. The van der Waals surface area contributed by atoms with Crippen LogP contribution in [0, 0.1) is 0 Å². The molecule has 29 heavy (non-hydrogen) atoms. The maximum atomic E-state index is 13.2. The summed E-state index contributed by atoms with van der Waals surface area (Å²) < 4.78 is 16.1. The van der Waals surface area contributed by atoms with Crippen molar-refractivity contribution in [1.82, 2.24) is 10.2 Å². The Kier molecular flexibility index (Phi) is 5.27. The van der Waals surface area contributed by atoms with Gasteiger partial charge in [0.2, 0.25) is 5.91 Å². The van der Waals surface area contributed by atoms with E-state index in [0.29, 0.717) is 35.1 Å². The smallest absolute Gasteiger partial charge is 0.260 e. The number of benzene rings is 2. The fourth-order valence-corrected chi connectivity index (χ4v) is 5.30. The van der Waals surface area contributed by atoms with Crippen molar-refractivity contribution in [3.8, 4) is 17.2 Å². The molecule has 1 N–H and O–H groups in total. The van der Waals surface area contributed by atoms with E-state index in [1.165, 1.54) is 14.2 Å². The van der Waals surface area contributed by atoms with E-state index in [-0.39, 0.29) is 17.2 Å². The minimum Gasteiger partial charge on any atom is -0.496 e. The van der Waals surface area contributed by atoms with Crippen molar-refractivity contribution in [2.45, 2.75) is 18.0 Å². The summed E-state index contributed by atoms with van der Waals surface area (Å²) in [6.45, 7) is 0.334. The predicted molar refractivity (Wildman–Crippen MR) is 110 cm³/mol. The molecule has 0 aliphatic carbocycles. The first-order chi connectivity index (χ1) is 14.1. The lowest BCUT2D eigenvalue weighted by Crippen LogP contribution is -2.45. The average Bonchev–Trinajstić information content (AvgIpc) is 3.31. The second-order valence-electron chi connectivity index (χ2n) is 6.71. The van der Waals surface area contributed by atoms with Gasteiger partial charge in [0, 0.05) is 23.4 Å². The number of amides is 2. The molecular formula is C21H22N2O5S. The summed E-state index contributed by atoms with van der Waals surface area (Å²) in [4.78, 5) is 27.8. The molecule has 2 aliphatic heterocycles. The lowest BCUT2D eigenvalue weighted by atomic mass is 10.1. The highest BCUT2D eigenvalue weighted by Crippen LogP contribution is 2.52. The number of nitrogens with zero attached hydrogens (tertiary/aromatic N) is 1. The van der Waals surface area contributed by atoms with Gasteiger partial charge in [0.15, 0.2) is 11.5 Å². The van der Waals surface area contributed by atoms with Crippen molar-refractivity contribution in [2.24, 2.45) is 0 Å². The fourth-order valence-electron chi connectivity index (χ4n) is 3.84. The van der Waals surface area contributed by atoms with Gasteiger partial charge < -0.3 is 24.4 Å². The Balaban J connectivity index is 1.54. The summed E-state index contributed by atoms with van der Waals surface area (Å²) in [6, 6.07) is 10.7. The second kappa shape index (κ2) is 7.87. The van der Waals surface area contributed by atoms with Crippen molar-refractivity contribution in [1.29, 1.82) is 0 Å². The van der Waals surface area contributed by atoms with Crippen molar-refractivity contribution < 1.29 is 23.8 Å². The standard InChI is InChI=1S/C21H22N2O5S/c1-26-15-7-5-4-6-12(15)10-22-19(24)14-11-29-21-13-8-9-16(27-2)18(28-3)17(13)20(25)23(14)21/h4-9,14,21H,10-11H2,1-3H3,(H,22,24). The Hall–Kier alpha value is -2.87. The van der Waals surface area contributed by atoms with Gasteiger partial charge in [-0.2, -0.15) is 0 Å². The number of hydrogen-bond acceptors (Lipinski definition) is 6. The van der Waals surface area contributed by atoms with Gasteiger partial charge in [-0.15, -0.1) is 11.8 Å². The van der Waals surface area contributed by atoms with Crippen LogP contribution in [0.25, 0.3) is 0 Å². The molecule has 2 heterocycles. The highest BCUT2D eigenvalue weighted by Gasteiger charge is 2.50. The molecule has 2 atom stereocenters. The van der Waals surface area contributed by atoms with Crippen LogP contribution in [-0.2, 0) is 11.3 Å². The lowest BCUT2D eigenvalue weighted by Gasteiger charge is -2.22. The Morgan fingerprint density at radius 1 is 1.10 bits per heavy atom. The zero-order chi connectivity index (χ0) is 20.5. The van der Waals surface area contributed by atoms with Gasteiger partial charge >= 0.3 is 0 Å². The zero-order valence-electron chi connectivity index (χ0n) is 16.4. The van der Waals surface area contributed by atoms with Crippen LogP contribution in [0.15, 0.2) is 36.4 Å². The molecule has 8 heteroatoms. The maximum absolute atomic E-state index is 13.2. The number of nitrogens with one attached hydrogen (secondary N) is 1. The number of methoxy groups -OCH3 is 3. The lowest BCUT2D eigenvalue weighted by molar-refractivity contribution is -0.124. The molecule has 2 aromatic rings. The molecular weight excluding hydrogens is 392 g/mol. The van der Waals surface area contributed by atoms with Gasteiger partial charge in [0.1, 0.15) is 17.2 Å². The Bertz CT molecular complexity index is 964. The third-order valence-electron chi connectivity index (χ3n) is 5.24. The highest BCUT2D eigenvalue weighted by atomic mass is 32.2. The number of ether oxygens (including phenoxy) is 3. The summed E-state index contributed by atoms with van der Waals surface area (Å²) in [5, 5.41) is 2.75. The van der Waals surface area contributed by atoms with E-state index < -0.39 is 6.04 Å². The largest absolute Gasteiger partial charge is 0.496 e. The van der Waals surface area contributed by atoms with Crippen LogP contribution in [0.5, 0.6) is 17.2 Å². The van der Waals surface area contributed by atoms with Crippen LogP contribution in [0.3, 0.4) is 0 Å². The third-order valence-corrected chi connectivity index (χ3v) is 6.55. The molecule has 152 valence electrons. The third kappa shape index (κ3) is 3.17. The Morgan fingerprint density at radius 3 is 2.59 bits per heavy atom. The van der Waals surface area contributed by atoms with Gasteiger partial charge in [0.05, 0.1) is 26.9 Å². The molecule has 0 bridgehead atoms. The molecule has 2 aromatic carbocycles. The number of para-hydroxylation sites is 1. The van der Waals surface area contributed by atoms with E-state index in [1.54, 1.807) is 29.8 Å². The molecule has 7 nitrogen and oxygen atoms in total. The molecule has 2 aliphatic rings. The first-order valence-electron chi connectivity index (χ1n) is 9.19. The van der Waals surface area contributed by atoms with Gasteiger partial charge in [-0.3, -0.25) is 9.59 Å². The summed E-state index contributed by atoms with van der Waals surface area (Å²) >= 11 is 1.58. The van der Waals surface area contributed by atoms with E-state index in [2.05, 4.69) is 5.32 Å². The summed E-state index contributed by atoms with van der Waals surface area (Å²) in [7, 11) is 4.65. The number of thioether (sulfide) groups is 1. The zero-order valence-corrected chi connectivity index (χ0v) is 17.2. The molecule has 4 rings (SSSR count). The molecule has 2 unspecified atom stereocenters. The van der Waals surface area contributed by atoms with Gasteiger partial charge in [-0.1, -0.05) is 24.3 Å². The van der Waals surface area contributed by atoms with Crippen LogP contribution in [0.2, 0.25) is 0 Å². The topological polar surface area (TPSA) is 77.1 Å². The molecule has 1 saturated heterocycles. The van der Waals surface area contributed by atoms with E-state index >= 15 is 0 Å². The number of hydrogen-bond donors (Lipinski definition) is 1. The van der Waals surface area contributed by atoms with E-state index in [1.807, 2.05) is 30.3 Å². The Morgan fingerprint density at radius 2 is 1.86 bits per heavy atom. The Labute approximate surface area is 173 Å². The number of rotatable bonds is 6. The molecule has 0 radical (unpaired) electrons. The number of fused-ring (bicyclic) bond motifs is 3. The molecule has 0 saturated carbocycles. The van der Waals surface area contributed by atoms with Crippen molar-refractivity contribution in [3.63, 3.8) is 0 Å². The van der Waals surface area contributed by atoms with Crippen molar-refractivity contribution in [3.05, 3.63) is 53.1 Å². The minimum absolute atomic E-state index is 0.182. The van der Waals surface area contributed by atoms with Crippen LogP contribution in [0.1, 0.15) is 26.9 Å². The number of carbonyl (C=O) groups excluding carboxylic acids is 2. The molecule has 2 amide bonds. The molecule has 0 spiro atoms. The first-order valence-corrected chi connectivity index (χ1v) is 10.2. The number of carbonyl (C=O) groups is 2. The maximum Gasteiger partial charge on any atom is 0.260 e. The van der Waals surface area contributed by atoms with Gasteiger partial charge in [-0.25, -0.2) is 0 Å². The van der Waals surface area contributed by atoms with Crippen LogP contribution >= 0.6 is 11.8 Å². The second-order valence-corrected chi connectivity index (χ2v) is 7.82. The predicted octanol–water partition coefficient (Wildman–Crippen LogP) is 2.60. The fraction of sp³-hybridized carbons (Fsp3) is 0.333. The monoisotopic (exact) mass is 414 g/mol. The quantitative estimate of drug-likeness (QED) is 0.783. The van der Waals surface area contributed by atoms with Crippen LogP contribution in [0.4, 0.5) is 0 Å². The van der Waals surface area contributed by atoms with E-state index in [4.69, 9.17) is 14.2 Å². The van der Waals surface area contributed by atoms with Crippen molar-refractivity contribution >= 4 is 23.6 Å². The average molecular weight is 414 g/mol. The molecule has 0 aromatic heterocycles. The van der Waals surface area contributed by atoms with E-state index in [0.717, 1.165) is 11.1 Å². The summed E-state index contributed by atoms with van der Waals surface area (Å²) in [6.07, 6.45) is 0. The van der Waals surface area contributed by atoms with Gasteiger partial charge in [0.25, 0.3) is 5.91 Å². The normalized spacial score (nSPS) is 19.6. The highest BCUT2D eigenvalue weighted by molar-refractivity contribution is 7.99. The minimum atomic E-state index is -0.546. The van der Waals surface area contributed by atoms with E-state index in [9.17, 15) is 9.59 Å². The van der Waals surface area contributed by atoms with Crippen LogP contribution in [-0.4, -0.2) is 49.8 Å². The van der Waals surface area contributed by atoms with Crippen LogP contribution < -0.4 is 19.5 Å². The summed E-state index contributed by atoms with van der Waals surface area (Å²) in [5.74, 6) is 1.79.